The maximum atomic E-state index is 14.6. The molecule has 5 rings (SSSR count). The summed E-state index contributed by atoms with van der Waals surface area (Å²) in [5, 5.41) is 14.5. The number of Topliss-reactive ketones (excluding diaryl/α,β-unsaturated/α-hetero) is 1. The van der Waals surface area contributed by atoms with E-state index in [2.05, 4.69) is 32.5 Å². The Hall–Kier alpha value is -6.50. The molecule has 2 fully saturated rings. The van der Waals surface area contributed by atoms with Crippen molar-refractivity contribution in [3.8, 4) is 18.1 Å². The number of nitrogens with one attached hydrogen (secondary N) is 5. The largest absolute Gasteiger partial charge is 0.748 e. The second-order valence-corrected chi connectivity index (χ2v) is 23.3. The Morgan fingerprint density at radius 1 is 0.766 bits per heavy atom. The Labute approximate surface area is 454 Å². The number of terminal acetylenes is 1. The van der Waals surface area contributed by atoms with Crippen LogP contribution in [0, 0.1) is 29.6 Å². The number of benzene rings is 3. The molecule has 19 nitrogen and oxygen atoms in total. The van der Waals surface area contributed by atoms with E-state index in [0.717, 1.165) is 11.1 Å². The monoisotopic (exact) mass is 1090 g/mol. The van der Waals surface area contributed by atoms with Crippen molar-refractivity contribution in [2.75, 3.05) is 52.3 Å². The van der Waals surface area contributed by atoms with Crippen LogP contribution in [0.1, 0.15) is 102 Å². The lowest BCUT2D eigenvalue weighted by Gasteiger charge is -2.41. The van der Waals surface area contributed by atoms with Gasteiger partial charge in [0.25, 0.3) is 11.8 Å². The molecular formula is C57H78N6O13S. The summed E-state index contributed by atoms with van der Waals surface area (Å²) in [6.07, 6.45) is 7.39. The maximum Gasteiger partial charge on any atom is 0.316 e. The van der Waals surface area contributed by atoms with E-state index in [1.165, 1.54) is 0 Å². The lowest BCUT2D eigenvalue weighted by atomic mass is 9.93. The second kappa shape index (κ2) is 28.8. The van der Waals surface area contributed by atoms with Crippen LogP contribution in [-0.2, 0) is 67.7 Å². The van der Waals surface area contributed by atoms with E-state index in [4.69, 9.17) is 33.6 Å². The molecule has 5 amide bonds. The summed E-state index contributed by atoms with van der Waals surface area (Å²) in [6, 6.07) is 19.6. The fraction of sp³-hybridized carbons (Fsp3) is 0.526. The van der Waals surface area contributed by atoms with E-state index >= 15 is 0 Å². The summed E-state index contributed by atoms with van der Waals surface area (Å²) in [7, 11) is -3.92. The van der Waals surface area contributed by atoms with Crippen LogP contribution in [0.5, 0.6) is 5.75 Å². The molecule has 3 aromatic carbocycles. The van der Waals surface area contributed by atoms with Gasteiger partial charge < -0.3 is 49.8 Å². The molecule has 4 unspecified atom stereocenters. The van der Waals surface area contributed by atoms with E-state index in [1.807, 2.05) is 88.4 Å². The standard InChI is InChI=1S/C56H74N6O10.CH4O3S/c1-10-25-57-50(65)42-32-41(22-24-47(42)72-54(69)55(6,7)8)34-62(26-28-70-29-27-62)35-48(63)58-43(23-21-39-17-13-11-14-18-39)51(66)60-45(31-38(4)5)52(67)61-46(33-40-19-15-12-16-20-40)53(68)59-44(30-37(2)3)49(64)56(9)36-71-56;1-5(2,3)4/h1,11-20,22,24,32,37-38,43-46H,21,23,25-31,33-36H2,2-9H3,(H4-,57,58,59,60,61,63,65,66,67,68);1H3,(H,2,3,4)/t43?,44?,45?,46?,56-;/m1./s1. The van der Waals surface area contributed by atoms with Gasteiger partial charge >= 0.3 is 5.97 Å². The minimum Gasteiger partial charge on any atom is -0.748 e. The first-order chi connectivity index (χ1) is 36.1. The number of carbonyl (C=O) groups excluding carboxylic acids is 7. The highest BCUT2D eigenvalue weighted by Gasteiger charge is 2.50. The fourth-order valence-electron chi connectivity index (χ4n) is 8.58. The number of esters is 1. The predicted octanol–water partition coefficient (Wildman–Crippen LogP) is 3.77. The number of carbonyl (C=O) groups is 7. The zero-order valence-corrected chi connectivity index (χ0v) is 46.7. The Bertz CT molecular complexity index is 2650. The molecule has 0 radical (unpaired) electrons. The summed E-state index contributed by atoms with van der Waals surface area (Å²) in [4.78, 5) is 97.5. The molecule has 3 aromatic rings. The molecule has 0 spiro atoms. The zero-order chi connectivity index (χ0) is 57.1. The highest BCUT2D eigenvalue weighted by Crippen LogP contribution is 2.30. The van der Waals surface area contributed by atoms with Crippen LogP contribution in [0.15, 0.2) is 78.9 Å². The Kier molecular flexibility index (Phi) is 23.5. The summed E-state index contributed by atoms with van der Waals surface area (Å²) in [5.74, 6) is -0.911. The maximum absolute atomic E-state index is 14.6. The zero-order valence-electron chi connectivity index (χ0n) is 45.9. The number of quaternary nitrogens is 1. The van der Waals surface area contributed by atoms with Gasteiger partial charge in [-0.2, -0.15) is 0 Å². The molecular weight excluding hydrogens is 1010 g/mol. The molecule has 2 aliphatic rings. The number of amides is 5. The third kappa shape index (κ3) is 21.8. The minimum atomic E-state index is -3.92. The van der Waals surface area contributed by atoms with Gasteiger partial charge in [0.2, 0.25) is 17.7 Å². The molecule has 20 heteroatoms. The summed E-state index contributed by atoms with van der Waals surface area (Å²) in [6.45, 7) is 16.7. The van der Waals surface area contributed by atoms with Gasteiger partial charge in [0.15, 0.2) is 12.3 Å². The summed E-state index contributed by atoms with van der Waals surface area (Å²) >= 11 is 0. The molecule has 5 N–H and O–H groups in total. The van der Waals surface area contributed by atoms with Gasteiger partial charge in [-0.25, -0.2) is 8.42 Å². The molecule has 0 aliphatic carbocycles. The van der Waals surface area contributed by atoms with Crippen molar-refractivity contribution < 1.29 is 65.2 Å². The number of hydrogen-bond donors (Lipinski definition) is 5. The number of ether oxygens (including phenoxy) is 3. The molecule has 0 saturated carbocycles. The number of morpholine rings is 1. The highest BCUT2D eigenvalue weighted by molar-refractivity contribution is 7.84. The smallest absolute Gasteiger partial charge is 0.316 e. The van der Waals surface area contributed by atoms with Gasteiger partial charge in [-0.05, 0) is 94.5 Å². The van der Waals surface area contributed by atoms with E-state index < -0.39 is 80.8 Å². The van der Waals surface area contributed by atoms with Crippen LogP contribution in [0.4, 0.5) is 0 Å². The Balaban J connectivity index is 0.00000244. The molecule has 5 atom stereocenters. The van der Waals surface area contributed by atoms with E-state index in [9.17, 15) is 33.6 Å². The molecule has 2 heterocycles. The van der Waals surface area contributed by atoms with Crippen LogP contribution in [0.2, 0.25) is 0 Å². The molecule has 2 saturated heterocycles. The van der Waals surface area contributed by atoms with Gasteiger partial charge in [-0.15, -0.1) is 6.42 Å². The third-order valence-electron chi connectivity index (χ3n) is 12.8. The van der Waals surface area contributed by atoms with Gasteiger partial charge in [0.05, 0.1) is 53.5 Å². The number of epoxide rings is 1. The lowest BCUT2D eigenvalue weighted by molar-refractivity contribution is -0.940. The van der Waals surface area contributed by atoms with Crippen molar-refractivity contribution in [1.29, 1.82) is 0 Å². The van der Waals surface area contributed by atoms with Gasteiger partial charge in [0, 0.05) is 18.2 Å². The van der Waals surface area contributed by atoms with E-state index in [1.54, 1.807) is 45.9 Å². The first-order valence-electron chi connectivity index (χ1n) is 26.0. The van der Waals surface area contributed by atoms with Gasteiger partial charge in [-0.3, -0.25) is 33.6 Å². The lowest BCUT2D eigenvalue weighted by Crippen LogP contribution is -2.61. The molecule has 0 aromatic heterocycles. The van der Waals surface area contributed by atoms with Crippen LogP contribution >= 0.6 is 0 Å². The van der Waals surface area contributed by atoms with Crippen molar-refractivity contribution in [1.82, 2.24) is 26.6 Å². The Morgan fingerprint density at radius 2 is 1.29 bits per heavy atom. The average molecular weight is 1090 g/mol. The fourth-order valence-corrected chi connectivity index (χ4v) is 8.58. The summed E-state index contributed by atoms with van der Waals surface area (Å²) in [5.41, 5.74) is 0.721. The summed E-state index contributed by atoms with van der Waals surface area (Å²) < 4.78 is 44.3. The average Bonchev–Trinajstić information content (AvgIpc) is 4.11. The van der Waals surface area contributed by atoms with Gasteiger partial charge in [-0.1, -0.05) is 94.3 Å². The quantitative estimate of drug-likeness (QED) is 0.0202. The first kappa shape index (κ1) is 63.0. The molecule has 77 heavy (non-hydrogen) atoms. The first-order valence-corrected chi connectivity index (χ1v) is 27.8. The topological polar surface area (TPSA) is 268 Å². The van der Waals surface area contributed by atoms with Crippen molar-refractivity contribution in [3.63, 3.8) is 0 Å². The molecule has 0 bridgehead atoms. The van der Waals surface area contributed by atoms with Crippen molar-refractivity contribution in [3.05, 3.63) is 101 Å². The number of aryl methyl sites for hydroxylation is 1. The van der Waals surface area contributed by atoms with Crippen LogP contribution in [0.3, 0.4) is 0 Å². The highest BCUT2D eigenvalue weighted by atomic mass is 32.2. The Morgan fingerprint density at radius 3 is 1.83 bits per heavy atom. The van der Waals surface area contributed by atoms with E-state index in [0.29, 0.717) is 57.5 Å². The molecule has 2 aliphatic heterocycles. The van der Waals surface area contributed by atoms with Crippen LogP contribution < -0.4 is 31.3 Å². The third-order valence-corrected chi connectivity index (χ3v) is 12.8. The molecule has 420 valence electrons. The number of ketones is 1. The second-order valence-electron chi connectivity index (χ2n) is 21.9. The van der Waals surface area contributed by atoms with Crippen molar-refractivity contribution in [2.24, 2.45) is 17.3 Å². The minimum absolute atomic E-state index is 0.0424. The number of rotatable bonds is 25. The normalized spacial score (nSPS) is 17.4. The van der Waals surface area contributed by atoms with E-state index in [-0.39, 0.29) is 72.4 Å². The van der Waals surface area contributed by atoms with Crippen LogP contribution in [-0.4, -0.2) is 141 Å². The van der Waals surface area contributed by atoms with Crippen molar-refractivity contribution in [2.45, 2.75) is 124 Å². The number of hydrogen-bond acceptors (Lipinski definition) is 13. The SMILES string of the molecule is C#CCNC(=O)c1cc(C[N+]2(CC(=O)NC(CCc3ccccc3)C(=O)NC(CC(C)C)C(=O)NC(Cc3ccccc3)C(=O)NC(CC(C)C)C(=O)[C@@]3(C)CO3)CCOCC2)ccc1OC(=O)C(C)(C)C.CS(=O)(=O)[O-]. The number of nitrogens with zero attached hydrogens (tertiary/aromatic N) is 1. The van der Waals surface area contributed by atoms with Gasteiger partial charge in [0.1, 0.15) is 49.1 Å². The van der Waals surface area contributed by atoms with Crippen LogP contribution in [0.25, 0.3) is 0 Å². The van der Waals surface area contributed by atoms with Crippen molar-refractivity contribution >= 4 is 51.4 Å². The predicted molar refractivity (Wildman–Crippen MR) is 289 cm³/mol.